The van der Waals surface area contributed by atoms with Crippen LogP contribution in [0.3, 0.4) is 0 Å². The van der Waals surface area contributed by atoms with Gasteiger partial charge < -0.3 is 10.0 Å². The lowest BCUT2D eigenvalue weighted by Gasteiger charge is -2.34. The second-order valence-corrected chi connectivity index (χ2v) is 4.34. The molecule has 90 valence electrons. The van der Waals surface area contributed by atoms with Crippen molar-refractivity contribution in [2.24, 2.45) is 0 Å². The van der Waals surface area contributed by atoms with E-state index in [0.29, 0.717) is 13.0 Å². The molecular formula is C10H18N4O2. The summed E-state index contributed by atoms with van der Waals surface area (Å²) in [7, 11) is 1.69. The maximum atomic E-state index is 11.8. The van der Waals surface area contributed by atoms with Crippen LogP contribution in [0.15, 0.2) is 12.4 Å². The molecule has 1 N–H and O–H groups in total. The monoisotopic (exact) mass is 226 g/mol. The van der Waals surface area contributed by atoms with Crippen LogP contribution in [0.5, 0.6) is 0 Å². The van der Waals surface area contributed by atoms with Crippen molar-refractivity contribution in [2.45, 2.75) is 32.4 Å². The van der Waals surface area contributed by atoms with Crippen LogP contribution < -0.4 is 0 Å². The molecule has 0 saturated heterocycles. The van der Waals surface area contributed by atoms with E-state index in [9.17, 15) is 4.79 Å². The number of hydrogen-bond acceptors (Lipinski definition) is 4. The predicted octanol–water partition coefficient (Wildman–Crippen LogP) is -0.103. The summed E-state index contributed by atoms with van der Waals surface area (Å²) < 4.78 is 1.61. The molecule has 0 radical (unpaired) electrons. The number of carbonyl (C=O) groups excluding carboxylic acids is 1. The number of carbonyl (C=O) groups is 1. The Bertz CT molecular complexity index is 335. The van der Waals surface area contributed by atoms with Gasteiger partial charge in [0.15, 0.2) is 0 Å². The normalized spacial score (nSPS) is 11.5. The summed E-state index contributed by atoms with van der Waals surface area (Å²) in [6.07, 6.45) is 3.64. The quantitative estimate of drug-likeness (QED) is 0.761. The molecule has 0 aliphatic heterocycles. The zero-order valence-corrected chi connectivity index (χ0v) is 9.92. The van der Waals surface area contributed by atoms with Gasteiger partial charge in [0.05, 0.1) is 24.9 Å². The number of hydrogen-bond donors (Lipinski definition) is 1. The molecule has 16 heavy (non-hydrogen) atoms. The largest absolute Gasteiger partial charge is 0.394 e. The number of amides is 1. The smallest absolute Gasteiger partial charge is 0.224 e. The Morgan fingerprint density at radius 2 is 2.25 bits per heavy atom. The van der Waals surface area contributed by atoms with Crippen LogP contribution in [0.1, 0.15) is 20.3 Å². The van der Waals surface area contributed by atoms with Gasteiger partial charge in [0, 0.05) is 19.7 Å². The van der Waals surface area contributed by atoms with E-state index >= 15 is 0 Å². The van der Waals surface area contributed by atoms with E-state index < -0.39 is 5.54 Å². The molecule has 1 heterocycles. The molecular weight excluding hydrogens is 208 g/mol. The van der Waals surface area contributed by atoms with Crippen LogP contribution in [-0.2, 0) is 11.3 Å². The van der Waals surface area contributed by atoms with E-state index in [4.69, 9.17) is 5.11 Å². The lowest BCUT2D eigenvalue weighted by molar-refractivity contribution is -0.136. The third-order valence-corrected chi connectivity index (χ3v) is 2.70. The van der Waals surface area contributed by atoms with E-state index in [1.165, 1.54) is 0 Å². The molecule has 1 aromatic heterocycles. The van der Waals surface area contributed by atoms with Crippen LogP contribution in [0.2, 0.25) is 0 Å². The third kappa shape index (κ3) is 3.03. The van der Waals surface area contributed by atoms with Gasteiger partial charge in [-0.3, -0.25) is 9.48 Å². The molecule has 0 aromatic carbocycles. The Morgan fingerprint density at radius 1 is 1.56 bits per heavy atom. The van der Waals surface area contributed by atoms with Crippen molar-refractivity contribution in [1.82, 2.24) is 19.9 Å². The van der Waals surface area contributed by atoms with Crippen molar-refractivity contribution >= 4 is 5.91 Å². The van der Waals surface area contributed by atoms with Crippen LogP contribution >= 0.6 is 0 Å². The fourth-order valence-corrected chi connectivity index (χ4v) is 1.17. The summed E-state index contributed by atoms with van der Waals surface area (Å²) >= 11 is 0. The second-order valence-electron chi connectivity index (χ2n) is 4.34. The van der Waals surface area contributed by atoms with Gasteiger partial charge in [-0.25, -0.2) is 0 Å². The van der Waals surface area contributed by atoms with Gasteiger partial charge in [0.1, 0.15) is 0 Å². The molecule has 0 saturated carbocycles. The molecule has 0 unspecified atom stereocenters. The highest BCUT2D eigenvalue weighted by Crippen LogP contribution is 2.12. The maximum Gasteiger partial charge on any atom is 0.224 e. The highest BCUT2D eigenvalue weighted by Gasteiger charge is 2.26. The van der Waals surface area contributed by atoms with Gasteiger partial charge in [-0.15, -0.1) is 5.10 Å². The van der Waals surface area contributed by atoms with Crippen molar-refractivity contribution in [1.29, 1.82) is 0 Å². The Hall–Kier alpha value is -1.43. The molecule has 0 aliphatic rings. The van der Waals surface area contributed by atoms with E-state index in [2.05, 4.69) is 10.3 Å². The molecule has 6 heteroatoms. The number of aliphatic hydroxyl groups excluding tert-OH is 1. The number of aryl methyl sites for hydroxylation is 1. The van der Waals surface area contributed by atoms with Gasteiger partial charge in [-0.05, 0) is 13.8 Å². The Kier molecular flexibility index (Phi) is 4.00. The zero-order valence-electron chi connectivity index (χ0n) is 9.92. The lowest BCUT2D eigenvalue weighted by Crippen LogP contribution is -2.47. The number of rotatable bonds is 5. The number of aliphatic hydroxyl groups is 1. The third-order valence-electron chi connectivity index (χ3n) is 2.70. The summed E-state index contributed by atoms with van der Waals surface area (Å²) in [5.41, 5.74) is -0.528. The van der Waals surface area contributed by atoms with E-state index in [0.717, 1.165) is 0 Å². The molecule has 0 atom stereocenters. The first-order chi connectivity index (χ1) is 7.47. The first kappa shape index (κ1) is 12.6. The first-order valence-corrected chi connectivity index (χ1v) is 5.19. The van der Waals surface area contributed by atoms with Crippen molar-refractivity contribution in [3.05, 3.63) is 12.4 Å². The Morgan fingerprint density at radius 3 is 2.75 bits per heavy atom. The Labute approximate surface area is 94.9 Å². The van der Waals surface area contributed by atoms with Crippen LogP contribution in [0, 0.1) is 0 Å². The van der Waals surface area contributed by atoms with Crippen molar-refractivity contribution in [2.75, 3.05) is 13.7 Å². The maximum absolute atomic E-state index is 11.8. The average molecular weight is 226 g/mol. The van der Waals surface area contributed by atoms with Gasteiger partial charge in [-0.2, -0.15) is 0 Å². The second kappa shape index (κ2) is 5.07. The SMILES string of the molecule is CN(C(=O)CCn1ccnn1)C(C)(C)CO. The number of aromatic nitrogens is 3. The van der Waals surface area contributed by atoms with Gasteiger partial charge >= 0.3 is 0 Å². The van der Waals surface area contributed by atoms with E-state index in [1.54, 1.807) is 29.0 Å². The molecule has 0 aliphatic carbocycles. The summed E-state index contributed by atoms with van der Waals surface area (Å²) in [6, 6.07) is 0. The van der Waals surface area contributed by atoms with Crippen LogP contribution in [0.25, 0.3) is 0 Å². The van der Waals surface area contributed by atoms with Crippen molar-refractivity contribution in [3.8, 4) is 0 Å². The summed E-state index contributed by atoms with van der Waals surface area (Å²) in [5.74, 6) is -0.0189. The summed E-state index contributed by atoms with van der Waals surface area (Å²) in [5, 5.41) is 16.6. The lowest BCUT2D eigenvalue weighted by atomic mass is 10.0. The first-order valence-electron chi connectivity index (χ1n) is 5.19. The predicted molar refractivity (Wildman–Crippen MR) is 58.6 cm³/mol. The van der Waals surface area contributed by atoms with Crippen LogP contribution in [0.4, 0.5) is 0 Å². The minimum Gasteiger partial charge on any atom is -0.394 e. The summed E-state index contributed by atoms with van der Waals surface area (Å²) in [4.78, 5) is 13.4. The van der Waals surface area contributed by atoms with Gasteiger partial charge in [0.2, 0.25) is 5.91 Å². The van der Waals surface area contributed by atoms with Gasteiger partial charge in [0.25, 0.3) is 0 Å². The molecule has 0 bridgehead atoms. The zero-order chi connectivity index (χ0) is 12.2. The number of nitrogens with zero attached hydrogens (tertiary/aromatic N) is 4. The highest BCUT2D eigenvalue weighted by atomic mass is 16.3. The highest BCUT2D eigenvalue weighted by molar-refractivity contribution is 5.76. The standard InChI is InChI=1S/C10H18N4O2/c1-10(2,8-15)13(3)9(16)4-6-14-7-5-11-12-14/h5,7,15H,4,6,8H2,1-3H3. The van der Waals surface area contributed by atoms with Crippen molar-refractivity contribution < 1.29 is 9.90 Å². The van der Waals surface area contributed by atoms with E-state index in [1.807, 2.05) is 13.8 Å². The summed E-state index contributed by atoms with van der Waals surface area (Å²) in [6.45, 7) is 4.09. The van der Waals surface area contributed by atoms with Crippen molar-refractivity contribution in [3.63, 3.8) is 0 Å². The minimum absolute atomic E-state index is 0.0189. The van der Waals surface area contributed by atoms with Gasteiger partial charge in [-0.1, -0.05) is 5.21 Å². The molecule has 1 rings (SSSR count). The molecule has 1 aromatic rings. The molecule has 0 spiro atoms. The molecule has 1 amide bonds. The molecule has 0 fully saturated rings. The fourth-order valence-electron chi connectivity index (χ4n) is 1.17. The topological polar surface area (TPSA) is 71.2 Å². The Balaban J connectivity index is 2.46. The molecule has 6 nitrogen and oxygen atoms in total. The minimum atomic E-state index is -0.528. The fraction of sp³-hybridized carbons (Fsp3) is 0.700. The number of likely N-dealkylation sites (N-methyl/N-ethyl adjacent to an activating group) is 1. The van der Waals surface area contributed by atoms with Crippen LogP contribution in [-0.4, -0.2) is 50.1 Å². The average Bonchev–Trinajstić information content (AvgIpc) is 2.77. The van der Waals surface area contributed by atoms with E-state index in [-0.39, 0.29) is 12.5 Å².